The van der Waals surface area contributed by atoms with Crippen LogP contribution in [-0.2, 0) is 10.0 Å². The number of nitrogens with one attached hydrogen (secondary N) is 1. The van der Waals surface area contributed by atoms with E-state index < -0.39 is 16.0 Å². The van der Waals surface area contributed by atoms with Gasteiger partial charge in [-0.2, -0.15) is 0 Å². The molecule has 100 valence electrons. The van der Waals surface area contributed by atoms with E-state index in [1.165, 1.54) is 18.5 Å². The number of hydrogen-bond donors (Lipinski definition) is 2. The minimum absolute atomic E-state index is 0.0682. The molecule has 0 aliphatic carbocycles. The standard InChI is InChI=1S/C10H9N3O4S2/c1-6-12-5-9(18-6)19(16,17)13-7-2-3-11-8(4-7)10(14)15/h2-5H,1H3,(H,11,13)(H,14,15). The Kier molecular flexibility index (Phi) is 3.49. The Balaban J connectivity index is 2.30. The van der Waals surface area contributed by atoms with Gasteiger partial charge in [0.25, 0.3) is 10.0 Å². The van der Waals surface area contributed by atoms with E-state index in [9.17, 15) is 13.2 Å². The number of carboxylic acids is 1. The van der Waals surface area contributed by atoms with Gasteiger partial charge in [-0.15, -0.1) is 11.3 Å². The number of aryl methyl sites for hydroxylation is 1. The highest BCUT2D eigenvalue weighted by Crippen LogP contribution is 2.21. The lowest BCUT2D eigenvalue weighted by molar-refractivity contribution is 0.0690. The number of aromatic nitrogens is 2. The second-order valence-electron chi connectivity index (χ2n) is 3.54. The molecule has 0 aromatic carbocycles. The summed E-state index contributed by atoms with van der Waals surface area (Å²) in [7, 11) is -3.75. The summed E-state index contributed by atoms with van der Waals surface area (Å²) >= 11 is 1.03. The van der Waals surface area contributed by atoms with Gasteiger partial charge in [-0.1, -0.05) is 0 Å². The summed E-state index contributed by atoms with van der Waals surface area (Å²) in [5.74, 6) is -1.23. The Hall–Kier alpha value is -2.00. The van der Waals surface area contributed by atoms with Crippen LogP contribution >= 0.6 is 11.3 Å². The molecule has 0 aliphatic rings. The number of aromatic carboxylic acids is 1. The molecular weight excluding hydrogens is 290 g/mol. The van der Waals surface area contributed by atoms with Crippen molar-refractivity contribution in [3.63, 3.8) is 0 Å². The Labute approximate surface area is 113 Å². The third kappa shape index (κ3) is 3.06. The molecule has 0 amide bonds. The molecule has 9 heteroatoms. The maximum atomic E-state index is 12.0. The van der Waals surface area contributed by atoms with Crippen molar-refractivity contribution in [3.8, 4) is 0 Å². The zero-order valence-corrected chi connectivity index (χ0v) is 11.3. The fraction of sp³-hybridized carbons (Fsp3) is 0.100. The zero-order chi connectivity index (χ0) is 14.0. The maximum absolute atomic E-state index is 12.0. The van der Waals surface area contributed by atoms with Gasteiger partial charge >= 0.3 is 5.97 Å². The van der Waals surface area contributed by atoms with Crippen molar-refractivity contribution in [2.45, 2.75) is 11.1 Å². The van der Waals surface area contributed by atoms with Crippen molar-refractivity contribution in [3.05, 3.63) is 35.2 Å². The van der Waals surface area contributed by atoms with E-state index in [1.54, 1.807) is 6.92 Å². The Bertz CT molecular complexity index is 724. The predicted molar refractivity (Wildman–Crippen MR) is 68.9 cm³/mol. The summed E-state index contributed by atoms with van der Waals surface area (Å²) in [6.07, 6.45) is 2.47. The molecule has 2 N–H and O–H groups in total. The van der Waals surface area contributed by atoms with Crippen LogP contribution in [0.1, 0.15) is 15.5 Å². The maximum Gasteiger partial charge on any atom is 0.354 e. The first-order chi connectivity index (χ1) is 8.88. The van der Waals surface area contributed by atoms with Gasteiger partial charge in [0.05, 0.1) is 16.9 Å². The second-order valence-corrected chi connectivity index (χ2v) is 6.68. The van der Waals surface area contributed by atoms with Crippen LogP contribution in [0.15, 0.2) is 28.7 Å². The molecule has 0 bridgehead atoms. The molecule has 0 spiro atoms. The quantitative estimate of drug-likeness (QED) is 0.881. The van der Waals surface area contributed by atoms with Crippen molar-refractivity contribution < 1.29 is 18.3 Å². The molecule has 0 unspecified atom stereocenters. The molecule has 0 radical (unpaired) electrons. The first kappa shape index (κ1) is 13.4. The largest absolute Gasteiger partial charge is 0.477 e. The first-order valence-electron chi connectivity index (χ1n) is 5.03. The van der Waals surface area contributed by atoms with Gasteiger partial charge in [0.1, 0.15) is 5.69 Å². The zero-order valence-electron chi connectivity index (χ0n) is 9.69. The minimum Gasteiger partial charge on any atom is -0.477 e. The van der Waals surface area contributed by atoms with E-state index in [-0.39, 0.29) is 15.6 Å². The normalized spacial score (nSPS) is 11.2. The Morgan fingerprint density at radius 1 is 1.42 bits per heavy atom. The number of rotatable bonds is 4. The van der Waals surface area contributed by atoms with Gasteiger partial charge in [0.2, 0.25) is 0 Å². The number of hydrogen-bond acceptors (Lipinski definition) is 6. The lowest BCUT2D eigenvalue weighted by atomic mass is 10.3. The summed E-state index contributed by atoms with van der Waals surface area (Å²) in [5.41, 5.74) is -0.0980. The number of nitrogens with zero attached hydrogens (tertiary/aromatic N) is 2. The molecule has 0 saturated carbocycles. The van der Waals surface area contributed by atoms with E-state index in [0.717, 1.165) is 17.4 Å². The number of carbonyl (C=O) groups is 1. The van der Waals surface area contributed by atoms with Crippen LogP contribution in [0.4, 0.5) is 5.69 Å². The third-order valence-corrected chi connectivity index (χ3v) is 4.85. The van der Waals surface area contributed by atoms with Crippen LogP contribution in [-0.4, -0.2) is 29.5 Å². The first-order valence-corrected chi connectivity index (χ1v) is 7.33. The molecule has 0 atom stereocenters. The fourth-order valence-electron chi connectivity index (χ4n) is 1.28. The molecule has 7 nitrogen and oxygen atoms in total. The van der Waals surface area contributed by atoms with Crippen LogP contribution < -0.4 is 4.72 Å². The van der Waals surface area contributed by atoms with Gasteiger partial charge in [0, 0.05) is 6.20 Å². The molecular formula is C10H9N3O4S2. The SMILES string of the molecule is Cc1ncc(S(=O)(=O)Nc2ccnc(C(=O)O)c2)s1. The average Bonchev–Trinajstić information content (AvgIpc) is 2.76. The summed E-state index contributed by atoms with van der Waals surface area (Å²) in [5, 5.41) is 9.41. The van der Waals surface area contributed by atoms with E-state index in [1.807, 2.05) is 0 Å². The van der Waals surface area contributed by atoms with Crippen molar-refractivity contribution in [1.29, 1.82) is 0 Å². The molecule has 2 aromatic heterocycles. The molecule has 0 aliphatic heterocycles. The van der Waals surface area contributed by atoms with Gasteiger partial charge in [-0.25, -0.2) is 23.2 Å². The molecule has 0 saturated heterocycles. The van der Waals surface area contributed by atoms with Crippen molar-refractivity contribution in [2.75, 3.05) is 4.72 Å². The van der Waals surface area contributed by atoms with Gasteiger partial charge in [0.15, 0.2) is 4.21 Å². The lowest BCUT2D eigenvalue weighted by Gasteiger charge is -2.05. The number of thiazole rings is 1. The topological polar surface area (TPSA) is 109 Å². The third-order valence-electron chi connectivity index (χ3n) is 2.10. The number of anilines is 1. The van der Waals surface area contributed by atoms with Crippen LogP contribution in [0.25, 0.3) is 0 Å². The van der Waals surface area contributed by atoms with E-state index in [0.29, 0.717) is 5.01 Å². The van der Waals surface area contributed by atoms with Gasteiger partial charge in [-0.05, 0) is 19.1 Å². The number of pyridine rings is 1. The second kappa shape index (κ2) is 4.94. The smallest absolute Gasteiger partial charge is 0.354 e. The Morgan fingerprint density at radius 2 is 2.16 bits per heavy atom. The molecule has 2 heterocycles. The summed E-state index contributed by atoms with van der Waals surface area (Å²) in [4.78, 5) is 18.2. The molecule has 2 rings (SSSR count). The number of carboxylic acid groups (broad SMARTS) is 1. The van der Waals surface area contributed by atoms with Crippen molar-refractivity contribution in [1.82, 2.24) is 9.97 Å². The predicted octanol–water partition coefficient (Wildman–Crippen LogP) is 1.35. The van der Waals surface area contributed by atoms with Crippen molar-refractivity contribution in [2.24, 2.45) is 0 Å². The monoisotopic (exact) mass is 299 g/mol. The van der Waals surface area contributed by atoms with Crippen LogP contribution in [0.5, 0.6) is 0 Å². The van der Waals surface area contributed by atoms with Gasteiger partial charge < -0.3 is 5.11 Å². The van der Waals surface area contributed by atoms with Gasteiger partial charge in [-0.3, -0.25) is 4.72 Å². The lowest BCUT2D eigenvalue weighted by Crippen LogP contribution is -2.12. The molecule has 0 fully saturated rings. The highest BCUT2D eigenvalue weighted by molar-refractivity contribution is 7.94. The highest BCUT2D eigenvalue weighted by atomic mass is 32.2. The summed E-state index contributed by atoms with van der Waals surface area (Å²) in [6, 6.07) is 2.52. The minimum atomic E-state index is -3.75. The fourth-order valence-corrected chi connectivity index (χ4v) is 3.44. The van der Waals surface area contributed by atoms with Crippen LogP contribution in [0, 0.1) is 6.92 Å². The van der Waals surface area contributed by atoms with Crippen LogP contribution in [0.3, 0.4) is 0 Å². The van der Waals surface area contributed by atoms with E-state index >= 15 is 0 Å². The molecule has 2 aromatic rings. The van der Waals surface area contributed by atoms with Crippen molar-refractivity contribution >= 4 is 33.0 Å². The summed E-state index contributed by atoms with van der Waals surface area (Å²) < 4.78 is 26.3. The van der Waals surface area contributed by atoms with E-state index in [4.69, 9.17) is 5.11 Å². The Morgan fingerprint density at radius 3 is 2.74 bits per heavy atom. The van der Waals surface area contributed by atoms with E-state index in [2.05, 4.69) is 14.7 Å². The molecule has 19 heavy (non-hydrogen) atoms. The number of sulfonamides is 1. The summed E-state index contributed by atoms with van der Waals surface area (Å²) in [6.45, 7) is 1.69. The average molecular weight is 299 g/mol. The van der Waals surface area contributed by atoms with Crippen LogP contribution in [0.2, 0.25) is 0 Å². The highest BCUT2D eigenvalue weighted by Gasteiger charge is 2.18.